The van der Waals surface area contributed by atoms with Gasteiger partial charge in [-0.3, -0.25) is 4.68 Å². The van der Waals surface area contributed by atoms with Gasteiger partial charge < -0.3 is 10.6 Å². The van der Waals surface area contributed by atoms with E-state index in [1.54, 1.807) is 0 Å². The van der Waals surface area contributed by atoms with Crippen LogP contribution in [0.25, 0.3) is 0 Å². The van der Waals surface area contributed by atoms with E-state index in [0.29, 0.717) is 18.2 Å². The Morgan fingerprint density at radius 3 is 2.42 bits per heavy atom. The first-order valence-electron chi connectivity index (χ1n) is 8.40. The molecule has 0 amide bonds. The highest BCUT2D eigenvalue weighted by atomic mass is 35.5. The van der Waals surface area contributed by atoms with Crippen LogP contribution in [0.1, 0.15) is 22.5 Å². The Balaban J connectivity index is 1.65. The molecule has 134 valence electrons. The summed E-state index contributed by atoms with van der Waals surface area (Å²) in [7, 11) is 0. The Morgan fingerprint density at radius 1 is 1.04 bits per heavy atom. The third-order valence-corrected chi connectivity index (χ3v) is 4.66. The Hall–Kier alpha value is -2.37. The number of aryl methyl sites for hydroxylation is 1. The second-order valence-electron chi connectivity index (χ2n) is 6.12. The first-order chi connectivity index (χ1) is 12.5. The number of nitrogens with one attached hydrogen (secondary N) is 2. The third-order valence-electron chi connectivity index (χ3n) is 4.16. The van der Waals surface area contributed by atoms with Crippen molar-refractivity contribution in [2.75, 3.05) is 5.32 Å². The molecule has 3 aromatic rings. The monoisotopic (exact) mass is 384 g/mol. The van der Waals surface area contributed by atoms with Gasteiger partial charge in [0.05, 0.1) is 23.6 Å². The summed E-state index contributed by atoms with van der Waals surface area (Å²) in [5.41, 5.74) is 5.24. The average Bonchev–Trinajstić information content (AvgIpc) is 2.90. The van der Waals surface area contributed by atoms with Crippen LogP contribution in [0.2, 0.25) is 5.02 Å². The molecule has 3 rings (SSSR count). The lowest BCUT2D eigenvalue weighted by Crippen LogP contribution is -2.28. The van der Waals surface area contributed by atoms with Gasteiger partial charge in [0.1, 0.15) is 0 Å². The van der Waals surface area contributed by atoms with Gasteiger partial charge in [0.15, 0.2) is 5.11 Å². The summed E-state index contributed by atoms with van der Waals surface area (Å²) < 4.78 is 1.97. The van der Waals surface area contributed by atoms with E-state index in [0.717, 1.165) is 27.7 Å². The predicted molar refractivity (Wildman–Crippen MR) is 112 cm³/mol. The topological polar surface area (TPSA) is 41.9 Å². The Labute approximate surface area is 164 Å². The average molecular weight is 385 g/mol. The molecule has 0 aliphatic rings. The number of nitrogens with zero attached hydrogens (tertiary/aromatic N) is 2. The lowest BCUT2D eigenvalue weighted by Gasteiger charge is -2.11. The molecule has 2 N–H and O–H groups in total. The molecular formula is C20H21ClN4S. The van der Waals surface area contributed by atoms with Crippen LogP contribution in [-0.4, -0.2) is 14.9 Å². The van der Waals surface area contributed by atoms with E-state index in [1.807, 2.05) is 61.0 Å². The molecule has 0 spiro atoms. The van der Waals surface area contributed by atoms with E-state index in [4.69, 9.17) is 23.8 Å². The van der Waals surface area contributed by atoms with E-state index in [9.17, 15) is 0 Å². The van der Waals surface area contributed by atoms with E-state index < -0.39 is 0 Å². The third kappa shape index (κ3) is 4.62. The van der Waals surface area contributed by atoms with Crippen LogP contribution in [0.15, 0.2) is 54.6 Å². The number of anilines is 1. The molecule has 0 saturated heterocycles. The number of halogens is 1. The van der Waals surface area contributed by atoms with Crippen LogP contribution in [-0.2, 0) is 13.1 Å². The van der Waals surface area contributed by atoms with Crippen LogP contribution in [0.3, 0.4) is 0 Å². The van der Waals surface area contributed by atoms with Crippen molar-refractivity contribution >= 4 is 34.6 Å². The van der Waals surface area contributed by atoms with Crippen molar-refractivity contribution < 1.29 is 0 Å². The Kier molecular flexibility index (Phi) is 5.91. The minimum atomic E-state index is 0.589. The summed E-state index contributed by atoms with van der Waals surface area (Å²) in [6.45, 7) is 5.39. The van der Waals surface area contributed by atoms with Crippen molar-refractivity contribution in [1.82, 2.24) is 15.1 Å². The maximum atomic E-state index is 5.95. The van der Waals surface area contributed by atoms with E-state index in [1.165, 1.54) is 5.56 Å². The second-order valence-corrected chi connectivity index (χ2v) is 6.97. The lowest BCUT2D eigenvalue weighted by atomic mass is 10.2. The van der Waals surface area contributed by atoms with Gasteiger partial charge in [-0.15, -0.1) is 0 Å². The second kappa shape index (κ2) is 8.34. The molecule has 0 saturated carbocycles. The molecule has 0 atom stereocenters. The number of thiocarbonyl (C=S) groups is 1. The van der Waals surface area contributed by atoms with Crippen molar-refractivity contribution in [2.45, 2.75) is 26.9 Å². The van der Waals surface area contributed by atoms with Crippen LogP contribution in [0, 0.1) is 13.8 Å². The van der Waals surface area contributed by atoms with Crippen molar-refractivity contribution in [2.24, 2.45) is 0 Å². The molecule has 1 aromatic heterocycles. The largest absolute Gasteiger partial charge is 0.358 e. The van der Waals surface area contributed by atoms with Crippen molar-refractivity contribution in [3.63, 3.8) is 0 Å². The van der Waals surface area contributed by atoms with Gasteiger partial charge >= 0.3 is 0 Å². The normalized spacial score (nSPS) is 10.6. The molecule has 0 radical (unpaired) electrons. The van der Waals surface area contributed by atoms with Crippen LogP contribution < -0.4 is 10.6 Å². The minimum absolute atomic E-state index is 0.589. The summed E-state index contributed by atoms with van der Waals surface area (Å²) in [6, 6.07) is 18.0. The first kappa shape index (κ1) is 18.4. The predicted octanol–water partition coefficient (Wildman–Crippen LogP) is 4.69. The van der Waals surface area contributed by atoms with Gasteiger partial charge in [-0.05, 0) is 49.3 Å². The fourth-order valence-corrected chi connectivity index (χ4v) is 3.03. The molecule has 0 fully saturated rings. The molecule has 4 nitrogen and oxygen atoms in total. The fourth-order valence-electron chi connectivity index (χ4n) is 2.73. The van der Waals surface area contributed by atoms with Crippen LogP contribution >= 0.6 is 23.8 Å². The molecule has 0 aliphatic carbocycles. The molecule has 0 bridgehead atoms. The standard InChI is InChI=1S/C20H21ClN4S/c1-14-19(23-20(26)22-12-16-6-4-3-5-7-16)15(2)25(24-14)13-17-8-10-18(21)11-9-17/h3-11H,12-13H2,1-2H3,(H2,22,23,26). The quantitative estimate of drug-likeness (QED) is 0.626. The molecule has 1 heterocycles. The van der Waals surface area contributed by atoms with Gasteiger partial charge in [-0.25, -0.2) is 0 Å². The zero-order valence-corrected chi connectivity index (χ0v) is 16.4. The van der Waals surface area contributed by atoms with Gasteiger partial charge in [-0.1, -0.05) is 54.1 Å². The van der Waals surface area contributed by atoms with Gasteiger partial charge in [0.25, 0.3) is 0 Å². The van der Waals surface area contributed by atoms with E-state index in [-0.39, 0.29) is 0 Å². The molecule has 26 heavy (non-hydrogen) atoms. The summed E-state index contributed by atoms with van der Waals surface area (Å²) in [5.74, 6) is 0. The smallest absolute Gasteiger partial charge is 0.171 e. The maximum Gasteiger partial charge on any atom is 0.171 e. The highest BCUT2D eigenvalue weighted by molar-refractivity contribution is 7.80. The van der Waals surface area contributed by atoms with Gasteiger partial charge in [0.2, 0.25) is 0 Å². The molecule has 2 aromatic carbocycles. The zero-order chi connectivity index (χ0) is 18.5. The number of benzene rings is 2. The zero-order valence-electron chi connectivity index (χ0n) is 14.8. The summed E-state index contributed by atoms with van der Waals surface area (Å²) in [6.07, 6.45) is 0. The number of hydrogen-bond acceptors (Lipinski definition) is 2. The summed E-state index contributed by atoms with van der Waals surface area (Å²) in [5, 5.41) is 12.5. The lowest BCUT2D eigenvalue weighted by molar-refractivity contribution is 0.659. The SMILES string of the molecule is Cc1nn(Cc2ccc(Cl)cc2)c(C)c1NC(=S)NCc1ccccc1. The molecule has 0 unspecified atom stereocenters. The molecular weight excluding hydrogens is 364 g/mol. The first-order valence-corrected chi connectivity index (χ1v) is 9.19. The minimum Gasteiger partial charge on any atom is -0.358 e. The van der Waals surface area contributed by atoms with Gasteiger partial charge in [-0.2, -0.15) is 5.10 Å². The summed E-state index contributed by atoms with van der Waals surface area (Å²) >= 11 is 11.4. The number of rotatable bonds is 5. The van der Waals surface area contributed by atoms with E-state index in [2.05, 4.69) is 27.9 Å². The number of hydrogen-bond donors (Lipinski definition) is 2. The fraction of sp³-hybridized carbons (Fsp3) is 0.200. The summed E-state index contributed by atoms with van der Waals surface area (Å²) in [4.78, 5) is 0. The number of aromatic nitrogens is 2. The van der Waals surface area contributed by atoms with Gasteiger partial charge in [0, 0.05) is 11.6 Å². The highest BCUT2D eigenvalue weighted by Gasteiger charge is 2.13. The molecule has 6 heteroatoms. The van der Waals surface area contributed by atoms with Crippen molar-refractivity contribution in [3.05, 3.63) is 82.1 Å². The van der Waals surface area contributed by atoms with E-state index >= 15 is 0 Å². The van der Waals surface area contributed by atoms with Crippen molar-refractivity contribution in [3.8, 4) is 0 Å². The maximum absolute atomic E-state index is 5.95. The Bertz CT molecular complexity index is 888. The van der Waals surface area contributed by atoms with Crippen LogP contribution in [0.5, 0.6) is 0 Å². The van der Waals surface area contributed by atoms with Crippen LogP contribution in [0.4, 0.5) is 5.69 Å². The highest BCUT2D eigenvalue weighted by Crippen LogP contribution is 2.21. The van der Waals surface area contributed by atoms with Crippen molar-refractivity contribution in [1.29, 1.82) is 0 Å². The Morgan fingerprint density at radius 2 is 1.73 bits per heavy atom. The molecule has 0 aliphatic heterocycles.